The lowest BCUT2D eigenvalue weighted by atomic mass is 10.1. The van der Waals surface area contributed by atoms with Gasteiger partial charge in [-0.25, -0.2) is 0 Å². The van der Waals surface area contributed by atoms with Gasteiger partial charge in [-0.1, -0.05) is 23.7 Å². The summed E-state index contributed by atoms with van der Waals surface area (Å²) in [5.74, 6) is 2.53. The smallest absolute Gasteiger partial charge is 0.138 e. The number of piperazine rings is 1. The Morgan fingerprint density at radius 3 is 2.48 bits per heavy atom. The van der Waals surface area contributed by atoms with Crippen LogP contribution in [-0.4, -0.2) is 44.0 Å². The van der Waals surface area contributed by atoms with Gasteiger partial charge in [0.1, 0.15) is 17.3 Å². The number of rotatable bonds is 3. The quantitative estimate of drug-likeness (QED) is 0.692. The summed E-state index contributed by atoms with van der Waals surface area (Å²) in [6.07, 6.45) is 0. The van der Waals surface area contributed by atoms with Crippen LogP contribution in [0, 0.1) is 0 Å². The van der Waals surface area contributed by atoms with Gasteiger partial charge in [0.2, 0.25) is 0 Å². The van der Waals surface area contributed by atoms with Crippen molar-refractivity contribution in [3.05, 3.63) is 59.1 Å². The van der Waals surface area contributed by atoms with Crippen molar-refractivity contribution in [2.75, 3.05) is 33.2 Å². The zero-order chi connectivity index (χ0) is 16.1. The van der Waals surface area contributed by atoms with E-state index in [-0.39, 0.29) is 0 Å². The molecule has 0 radical (unpaired) electrons. The highest BCUT2D eigenvalue weighted by Crippen LogP contribution is 2.27. The van der Waals surface area contributed by atoms with Crippen LogP contribution in [-0.2, 0) is 0 Å². The van der Waals surface area contributed by atoms with Gasteiger partial charge in [-0.15, -0.1) is 0 Å². The number of ether oxygens (including phenoxy) is 1. The van der Waals surface area contributed by atoms with Gasteiger partial charge < -0.3 is 15.0 Å². The average Bonchev–Trinajstić information content (AvgIpc) is 2.60. The molecule has 0 unspecified atom stereocenters. The summed E-state index contributed by atoms with van der Waals surface area (Å²) in [6, 6.07) is 15.4. The van der Waals surface area contributed by atoms with Gasteiger partial charge in [0, 0.05) is 38.2 Å². The van der Waals surface area contributed by atoms with Gasteiger partial charge in [-0.05, 0) is 36.4 Å². The molecule has 4 nitrogen and oxygen atoms in total. The number of amidine groups is 1. The van der Waals surface area contributed by atoms with E-state index in [1.165, 1.54) is 0 Å². The Labute approximate surface area is 141 Å². The van der Waals surface area contributed by atoms with Crippen molar-refractivity contribution in [2.24, 2.45) is 4.99 Å². The number of aliphatic imine (C=N–C) groups is 1. The first-order valence-corrected chi connectivity index (χ1v) is 8.11. The van der Waals surface area contributed by atoms with Crippen LogP contribution < -0.4 is 10.1 Å². The molecule has 0 amide bonds. The molecule has 2 aromatic carbocycles. The molecule has 3 rings (SSSR count). The van der Waals surface area contributed by atoms with Crippen molar-refractivity contribution in [2.45, 2.75) is 0 Å². The van der Waals surface area contributed by atoms with Crippen molar-refractivity contribution in [3.8, 4) is 11.5 Å². The maximum absolute atomic E-state index is 6.06. The third-order valence-electron chi connectivity index (χ3n) is 3.80. The Balaban J connectivity index is 1.88. The summed E-state index contributed by atoms with van der Waals surface area (Å²) in [4.78, 5) is 6.80. The van der Waals surface area contributed by atoms with E-state index in [1.54, 1.807) is 0 Å². The van der Waals surface area contributed by atoms with Gasteiger partial charge in [-0.2, -0.15) is 0 Å². The number of nitrogens with zero attached hydrogens (tertiary/aromatic N) is 2. The van der Waals surface area contributed by atoms with Crippen molar-refractivity contribution in [1.29, 1.82) is 0 Å². The van der Waals surface area contributed by atoms with Crippen molar-refractivity contribution >= 4 is 17.4 Å². The van der Waals surface area contributed by atoms with Crippen LogP contribution in [0.15, 0.2) is 53.5 Å². The standard InChI is InChI=1S/C18H20ClN3O/c1-20-18(22-12-10-21-11-13-22)16-4-2-3-5-17(16)23-15-8-6-14(19)7-9-15/h2-9,21H,10-13H2,1H3. The highest BCUT2D eigenvalue weighted by atomic mass is 35.5. The number of para-hydroxylation sites is 1. The fourth-order valence-electron chi connectivity index (χ4n) is 2.68. The van der Waals surface area contributed by atoms with Gasteiger partial charge in [0.15, 0.2) is 0 Å². The molecule has 0 bridgehead atoms. The number of hydrogen-bond donors (Lipinski definition) is 1. The van der Waals surface area contributed by atoms with Crippen LogP contribution in [0.2, 0.25) is 5.02 Å². The summed E-state index contributed by atoms with van der Waals surface area (Å²) >= 11 is 5.93. The van der Waals surface area contributed by atoms with E-state index in [4.69, 9.17) is 16.3 Å². The SMILES string of the molecule is CN=C(c1ccccc1Oc1ccc(Cl)cc1)N1CCNCC1. The van der Waals surface area contributed by atoms with E-state index >= 15 is 0 Å². The first-order chi connectivity index (χ1) is 11.3. The Kier molecular flexibility index (Phi) is 5.16. The number of halogens is 1. The predicted molar refractivity (Wildman–Crippen MR) is 94.9 cm³/mol. The minimum absolute atomic E-state index is 0.697. The Morgan fingerprint density at radius 2 is 1.78 bits per heavy atom. The molecular weight excluding hydrogens is 310 g/mol. The zero-order valence-corrected chi connectivity index (χ0v) is 13.9. The molecule has 1 aliphatic rings. The summed E-state index contributed by atoms with van der Waals surface area (Å²) in [6.45, 7) is 3.84. The van der Waals surface area contributed by atoms with E-state index in [1.807, 2.05) is 49.5 Å². The summed E-state index contributed by atoms with van der Waals surface area (Å²) < 4.78 is 6.06. The Hall–Kier alpha value is -2.04. The third kappa shape index (κ3) is 3.84. The maximum atomic E-state index is 6.06. The second-order valence-electron chi connectivity index (χ2n) is 5.34. The van der Waals surface area contributed by atoms with Crippen molar-refractivity contribution < 1.29 is 4.74 Å². The highest BCUT2D eigenvalue weighted by Gasteiger charge is 2.19. The molecule has 2 aromatic rings. The van der Waals surface area contributed by atoms with Crippen LogP contribution in [0.1, 0.15) is 5.56 Å². The average molecular weight is 330 g/mol. The van der Waals surface area contributed by atoms with Gasteiger partial charge in [0.25, 0.3) is 0 Å². The minimum atomic E-state index is 0.697. The highest BCUT2D eigenvalue weighted by molar-refractivity contribution is 6.30. The predicted octanol–water partition coefficient (Wildman–Crippen LogP) is 3.41. The Bertz CT molecular complexity index is 679. The van der Waals surface area contributed by atoms with Crippen LogP contribution in [0.4, 0.5) is 0 Å². The molecule has 1 aliphatic heterocycles. The topological polar surface area (TPSA) is 36.9 Å². The second-order valence-corrected chi connectivity index (χ2v) is 5.77. The molecule has 0 spiro atoms. The summed E-state index contributed by atoms with van der Waals surface area (Å²) in [5, 5.41) is 4.06. The molecule has 0 aliphatic carbocycles. The van der Waals surface area contributed by atoms with E-state index in [2.05, 4.69) is 21.3 Å². The molecule has 1 N–H and O–H groups in total. The van der Waals surface area contributed by atoms with E-state index in [0.717, 1.165) is 49.1 Å². The fourth-order valence-corrected chi connectivity index (χ4v) is 2.80. The monoisotopic (exact) mass is 329 g/mol. The summed E-state index contributed by atoms with van der Waals surface area (Å²) in [5.41, 5.74) is 1.01. The van der Waals surface area contributed by atoms with Crippen LogP contribution in [0.3, 0.4) is 0 Å². The lowest BCUT2D eigenvalue weighted by molar-refractivity contribution is 0.356. The molecule has 23 heavy (non-hydrogen) atoms. The minimum Gasteiger partial charge on any atom is -0.457 e. The van der Waals surface area contributed by atoms with Gasteiger partial charge in [-0.3, -0.25) is 4.99 Å². The molecule has 1 saturated heterocycles. The molecule has 0 atom stereocenters. The molecule has 0 saturated carbocycles. The van der Waals surface area contributed by atoms with Crippen molar-refractivity contribution in [1.82, 2.24) is 10.2 Å². The Morgan fingerprint density at radius 1 is 1.09 bits per heavy atom. The largest absolute Gasteiger partial charge is 0.457 e. The lowest BCUT2D eigenvalue weighted by Crippen LogP contribution is -2.46. The van der Waals surface area contributed by atoms with Crippen LogP contribution in [0.25, 0.3) is 0 Å². The lowest BCUT2D eigenvalue weighted by Gasteiger charge is -2.31. The number of benzene rings is 2. The van der Waals surface area contributed by atoms with Gasteiger partial charge in [0.05, 0.1) is 5.56 Å². The first kappa shape index (κ1) is 15.8. The zero-order valence-electron chi connectivity index (χ0n) is 13.1. The second kappa shape index (κ2) is 7.49. The molecule has 1 heterocycles. The number of hydrogen-bond acceptors (Lipinski definition) is 3. The molecule has 1 fully saturated rings. The summed E-state index contributed by atoms with van der Waals surface area (Å²) in [7, 11) is 1.83. The van der Waals surface area contributed by atoms with E-state index in [0.29, 0.717) is 5.02 Å². The van der Waals surface area contributed by atoms with Crippen LogP contribution in [0.5, 0.6) is 11.5 Å². The van der Waals surface area contributed by atoms with Crippen LogP contribution >= 0.6 is 11.6 Å². The normalized spacial score (nSPS) is 15.6. The molecule has 5 heteroatoms. The fraction of sp³-hybridized carbons (Fsp3) is 0.278. The molecular formula is C18H20ClN3O. The van der Waals surface area contributed by atoms with E-state index < -0.39 is 0 Å². The molecule has 120 valence electrons. The first-order valence-electron chi connectivity index (χ1n) is 7.73. The van der Waals surface area contributed by atoms with Crippen molar-refractivity contribution in [3.63, 3.8) is 0 Å². The third-order valence-corrected chi connectivity index (χ3v) is 4.05. The molecule has 0 aromatic heterocycles. The van der Waals surface area contributed by atoms with E-state index in [9.17, 15) is 0 Å². The van der Waals surface area contributed by atoms with Gasteiger partial charge >= 0.3 is 0 Å². The maximum Gasteiger partial charge on any atom is 0.138 e. The number of nitrogens with one attached hydrogen (secondary N) is 1.